The van der Waals surface area contributed by atoms with Crippen molar-refractivity contribution in [2.24, 2.45) is 0 Å². The Hall–Kier alpha value is -2.08. The highest BCUT2D eigenvalue weighted by Crippen LogP contribution is 2.22. The lowest BCUT2D eigenvalue weighted by Gasteiger charge is -2.16. The van der Waals surface area contributed by atoms with Crippen LogP contribution < -0.4 is 5.32 Å². The normalized spacial score (nSPS) is 11.4. The van der Waals surface area contributed by atoms with Gasteiger partial charge in [-0.05, 0) is 30.7 Å². The zero-order valence-corrected chi connectivity index (χ0v) is 11.7. The van der Waals surface area contributed by atoms with E-state index >= 15 is 0 Å². The quantitative estimate of drug-likeness (QED) is 0.685. The molecule has 0 radical (unpaired) electrons. The predicted molar refractivity (Wildman–Crippen MR) is 72.1 cm³/mol. The Morgan fingerprint density at radius 3 is 2.60 bits per heavy atom. The molecule has 0 aliphatic heterocycles. The molecule has 0 bridgehead atoms. The summed E-state index contributed by atoms with van der Waals surface area (Å²) in [4.78, 5) is 23.0. The third-order valence-electron chi connectivity index (χ3n) is 2.26. The lowest BCUT2D eigenvalue weighted by Crippen LogP contribution is -2.31. The van der Waals surface area contributed by atoms with Gasteiger partial charge in [-0.1, -0.05) is 18.2 Å². The number of carbonyl (C=O) groups is 2. The van der Waals surface area contributed by atoms with E-state index in [9.17, 15) is 14.0 Å². The van der Waals surface area contributed by atoms with Crippen LogP contribution in [0.15, 0.2) is 30.4 Å². The number of methoxy groups -OCH3 is 1. The number of halogens is 2. The Balaban J connectivity index is 2.75. The van der Waals surface area contributed by atoms with Crippen molar-refractivity contribution < 1.29 is 23.5 Å². The molecule has 1 aromatic rings. The molecule has 0 aromatic heterocycles. The zero-order chi connectivity index (χ0) is 15.3. The molecular weight excluding hydrogens is 289 g/mol. The number of benzene rings is 1. The minimum Gasteiger partial charge on any atom is -0.466 e. The van der Waals surface area contributed by atoms with Crippen LogP contribution in [0.3, 0.4) is 0 Å². The average molecular weight is 302 g/mol. The fourth-order valence-electron chi connectivity index (χ4n) is 1.29. The monoisotopic (exact) mass is 301 g/mol. The Morgan fingerprint density at radius 1 is 1.45 bits per heavy atom. The summed E-state index contributed by atoms with van der Waals surface area (Å²) in [5.74, 6) is -1.29. The van der Waals surface area contributed by atoms with Crippen molar-refractivity contribution in [2.75, 3.05) is 12.4 Å². The third-order valence-corrected chi connectivity index (χ3v) is 2.57. The van der Waals surface area contributed by atoms with Gasteiger partial charge in [0.2, 0.25) is 6.10 Å². The highest BCUT2D eigenvalue weighted by atomic mass is 35.5. The molecule has 0 aliphatic rings. The average Bonchev–Trinajstić information content (AvgIpc) is 2.38. The number of amides is 1. The molecule has 1 unspecified atom stereocenters. The molecule has 1 amide bonds. The first-order valence-electron chi connectivity index (χ1n) is 5.51. The van der Waals surface area contributed by atoms with Gasteiger partial charge in [0.05, 0.1) is 17.8 Å². The maximum Gasteiger partial charge on any atom is 0.412 e. The van der Waals surface area contributed by atoms with Gasteiger partial charge in [-0.15, -0.1) is 0 Å². The molecule has 1 aromatic carbocycles. The number of anilines is 1. The van der Waals surface area contributed by atoms with Crippen LogP contribution in [-0.4, -0.2) is 25.3 Å². The van der Waals surface area contributed by atoms with Crippen molar-refractivity contribution in [2.45, 2.75) is 13.0 Å². The van der Waals surface area contributed by atoms with Crippen LogP contribution in [-0.2, 0) is 14.3 Å². The zero-order valence-electron chi connectivity index (χ0n) is 10.9. The molecule has 1 atom stereocenters. The van der Waals surface area contributed by atoms with Gasteiger partial charge < -0.3 is 9.47 Å². The first-order chi connectivity index (χ1) is 9.35. The standard InChI is InChI=1S/C13H13ClFNO4/c1-7(2)11(12(17)19-3)20-13(18)16-10-5-4-8(15)6-9(10)14/h4-6,11H,1H2,2-3H3,(H,16,18). The second-order valence-electron chi connectivity index (χ2n) is 3.90. The smallest absolute Gasteiger partial charge is 0.412 e. The summed E-state index contributed by atoms with van der Waals surface area (Å²) in [6.07, 6.45) is -2.16. The summed E-state index contributed by atoms with van der Waals surface area (Å²) in [5.41, 5.74) is 0.459. The fraction of sp³-hybridized carbons (Fsp3) is 0.231. The molecule has 0 fully saturated rings. The van der Waals surface area contributed by atoms with E-state index in [0.29, 0.717) is 5.57 Å². The molecule has 0 aliphatic carbocycles. The Kier molecular flexibility index (Phi) is 5.52. The molecule has 20 heavy (non-hydrogen) atoms. The number of carbonyl (C=O) groups excluding carboxylic acids is 2. The van der Waals surface area contributed by atoms with E-state index in [1.807, 2.05) is 0 Å². The summed E-state index contributed by atoms with van der Waals surface area (Å²) in [6, 6.07) is 3.43. The fourth-order valence-corrected chi connectivity index (χ4v) is 1.51. The number of rotatable bonds is 4. The molecule has 0 heterocycles. The Labute approximate surface area is 120 Å². The van der Waals surface area contributed by atoms with E-state index in [-0.39, 0.29) is 10.7 Å². The van der Waals surface area contributed by atoms with E-state index in [1.54, 1.807) is 0 Å². The second kappa shape index (κ2) is 6.91. The summed E-state index contributed by atoms with van der Waals surface area (Å²) in [7, 11) is 1.16. The number of hydrogen-bond donors (Lipinski definition) is 1. The number of hydrogen-bond acceptors (Lipinski definition) is 4. The van der Waals surface area contributed by atoms with E-state index < -0.39 is 24.0 Å². The van der Waals surface area contributed by atoms with Crippen LogP contribution in [0.2, 0.25) is 5.02 Å². The van der Waals surface area contributed by atoms with Crippen LogP contribution in [0.5, 0.6) is 0 Å². The van der Waals surface area contributed by atoms with Gasteiger partial charge in [0.15, 0.2) is 0 Å². The van der Waals surface area contributed by atoms with Crippen molar-refractivity contribution in [3.05, 3.63) is 41.2 Å². The topological polar surface area (TPSA) is 64.6 Å². The lowest BCUT2D eigenvalue weighted by molar-refractivity contribution is -0.148. The molecule has 0 spiro atoms. The molecule has 1 N–H and O–H groups in total. The first kappa shape index (κ1) is 16.0. The molecule has 7 heteroatoms. The van der Waals surface area contributed by atoms with Gasteiger partial charge in [0.1, 0.15) is 5.82 Å². The lowest BCUT2D eigenvalue weighted by atomic mass is 10.2. The SMILES string of the molecule is C=C(C)C(OC(=O)Nc1ccc(F)cc1Cl)C(=O)OC. The van der Waals surface area contributed by atoms with E-state index in [1.165, 1.54) is 13.0 Å². The first-order valence-corrected chi connectivity index (χ1v) is 5.89. The van der Waals surface area contributed by atoms with Crippen molar-refractivity contribution >= 4 is 29.4 Å². The molecule has 5 nitrogen and oxygen atoms in total. The minimum atomic E-state index is -1.22. The Morgan fingerprint density at radius 2 is 2.10 bits per heavy atom. The van der Waals surface area contributed by atoms with Gasteiger partial charge >= 0.3 is 12.1 Å². The number of ether oxygens (including phenoxy) is 2. The molecule has 108 valence electrons. The highest BCUT2D eigenvalue weighted by Gasteiger charge is 2.24. The van der Waals surface area contributed by atoms with Crippen LogP contribution in [0.25, 0.3) is 0 Å². The summed E-state index contributed by atoms with van der Waals surface area (Å²) in [6.45, 7) is 5.05. The summed E-state index contributed by atoms with van der Waals surface area (Å²) in [5, 5.41) is 2.30. The maximum atomic E-state index is 12.9. The maximum absolute atomic E-state index is 12.9. The molecule has 1 rings (SSSR count). The third kappa shape index (κ3) is 4.24. The van der Waals surface area contributed by atoms with Crippen molar-refractivity contribution in [1.29, 1.82) is 0 Å². The van der Waals surface area contributed by atoms with E-state index in [4.69, 9.17) is 16.3 Å². The van der Waals surface area contributed by atoms with E-state index in [2.05, 4.69) is 16.6 Å². The number of esters is 1. The largest absolute Gasteiger partial charge is 0.466 e. The van der Waals surface area contributed by atoms with Crippen molar-refractivity contribution in [3.8, 4) is 0 Å². The summed E-state index contributed by atoms with van der Waals surface area (Å²) < 4.78 is 22.2. The van der Waals surface area contributed by atoms with Crippen LogP contribution in [0, 0.1) is 5.82 Å². The Bertz CT molecular complexity index is 547. The van der Waals surface area contributed by atoms with Crippen LogP contribution >= 0.6 is 11.6 Å². The van der Waals surface area contributed by atoms with Crippen LogP contribution in [0.1, 0.15) is 6.92 Å². The van der Waals surface area contributed by atoms with Gasteiger partial charge in [0.25, 0.3) is 0 Å². The molecular formula is C13H13ClFNO4. The van der Waals surface area contributed by atoms with Gasteiger partial charge in [-0.25, -0.2) is 14.0 Å². The van der Waals surface area contributed by atoms with Crippen molar-refractivity contribution in [1.82, 2.24) is 0 Å². The van der Waals surface area contributed by atoms with Crippen molar-refractivity contribution in [3.63, 3.8) is 0 Å². The van der Waals surface area contributed by atoms with Crippen LogP contribution in [0.4, 0.5) is 14.9 Å². The molecule has 0 saturated carbocycles. The minimum absolute atomic E-state index is 0.00638. The van der Waals surface area contributed by atoms with Gasteiger partial charge in [-0.3, -0.25) is 5.32 Å². The predicted octanol–water partition coefficient (Wildman–Crippen LogP) is 3.15. The summed E-state index contributed by atoms with van der Waals surface area (Å²) >= 11 is 5.74. The van der Waals surface area contributed by atoms with E-state index in [0.717, 1.165) is 19.2 Å². The highest BCUT2D eigenvalue weighted by molar-refractivity contribution is 6.33. The van der Waals surface area contributed by atoms with Gasteiger partial charge in [-0.2, -0.15) is 0 Å². The second-order valence-corrected chi connectivity index (χ2v) is 4.31. The van der Waals surface area contributed by atoms with Gasteiger partial charge in [0, 0.05) is 0 Å². The molecule has 0 saturated heterocycles. The number of nitrogens with one attached hydrogen (secondary N) is 1.